The summed E-state index contributed by atoms with van der Waals surface area (Å²) in [4.78, 5) is 0. The molecule has 1 saturated carbocycles. The molecule has 0 N–H and O–H groups in total. The predicted molar refractivity (Wildman–Crippen MR) is 120 cm³/mol. The van der Waals surface area contributed by atoms with Crippen molar-refractivity contribution in [2.45, 2.75) is 44.7 Å². The molecule has 2 atom stereocenters. The van der Waals surface area contributed by atoms with Crippen LogP contribution in [0.5, 0.6) is 0 Å². The largest absolute Gasteiger partial charge is 0.458 e. The molecule has 36 heavy (non-hydrogen) atoms. The van der Waals surface area contributed by atoms with Crippen molar-refractivity contribution in [3.8, 4) is 23.0 Å². The first-order valence-corrected chi connectivity index (χ1v) is 11.3. The minimum atomic E-state index is -4.92. The molecular formula is C28H20F8. The Balaban J connectivity index is 1.52. The summed E-state index contributed by atoms with van der Waals surface area (Å²) in [7, 11) is 0. The maximum Gasteiger partial charge on any atom is 0.458 e. The number of benzene rings is 3. The van der Waals surface area contributed by atoms with Gasteiger partial charge in [0, 0.05) is 17.0 Å². The number of halogens is 8. The second-order valence-corrected chi connectivity index (χ2v) is 8.85. The highest BCUT2D eigenvalue weighted by Crippen LogP contribution is 2.49. The zero-order valence-electron chi connectivity index (χ0n) is 19.0. The van der Waals surface area contributed by atoms with Gasteiger partial charge in [0.1, 0.15) is 29.1 Å². The lowest BCUT2D eigenvalue weighted by atomic mass is 9.97. The smallest absolute Gasteiger partial charge is 0.207 e. The summed E-state index contributed by atoms with van der Waals surface area (Å²) in [5, 5.41) is 0. The summed E-state index contributed by atoms with van der Waals surface area (Å²) >= 11 is 0. The number of alkyl halides is 3. The van der Waals surface area contributed by atoms with Crippen LogP contribution in [0, 0.1) is 46.8 Å². The Labute approximate surface area is 203 Å². The van der Waals surface area contributed by atoms with E-state index < -0.39 is 40.8 Å². The van der Waals surface area contributed by atoms with Crippen molar-refractivity contribution >= 4 is 0 Å². The average molecular weight is 508 g/mol. The van der Waals surface area contributed by atoms with Gasteiger partial charge in [0.15, 0.2) is 0 Å². The van der Waals surface area contributed by atoms with Crippen LogP contribution in [-0.4, -0.2) is 6.18 Å². The molecule has 1 aliphatic rings. The van der Waals surface area contributed by atoms with Crippen LogP contribution in [0.15, 0.2) is 42.5 Å². The summed E-state index contributed by atoms with van der Waals surface area (Å²) in [6, 6.07) is 8.19. The van der Waals surface area contributed by atoms with Gasteiger partial charge < -0.3 is 0 Å². The van der Waals surface area contributed by atoms with E-state index in [1.165, 1.54) is 18.1 Å². The Morgan fingerprint density at radius 2 is 1.44 bits per heavy atom. The third-order valence-electron chi connectivity index (χ3n) is 6.42. The van der Waals surface area contributed by atoms with Gasteiger partial charge in [0.25, 0.3) is 0 Å². The van der Waals surface area contributed by atoms with Crippen LogP contribution in [0.4, 0.5) is 35.1 Å². The second-order valence-electron chi connectivity index (χ2n) is 8.85. The molecular weight excluding hydrogens is 488 g/mol. The summed E-state index contributed by atoms with van der Waals surface area (Å²) in [6.45, 7) is 2.07. The Bertz CT molecular complexity index is 1310. The summed E-state index contributed by atoms with van der Waals surface area (Å²) < 4.78 is 109. The van der Waals surface area contributed by atoms with Crippen LogP contribution in [0.1, 0.15) is 47.9 Å². The van der Waals surface area contributed by atoms with Gasteiger partial charge in [-0.15, -0.1) is 0 Å². The highest BCUT2D eigenvalue weighted by molar-refractivity contribution is 5.65. The molecule has 1 aliphatic carbocycles. The van der Waals surface area contributed by atoms with Crippen LogP contribution in [0.25, 0.3) is 11.1 Å². The molecule has 0 bridgehead atoms. The standard InChI is InChI=1S/C28H20F8/c1-2-16-11-22(16)17-4-6-19(25(31)12-17)18-13-26(32)20(27(33)14-18)5-3-15-9-23(29)21(24(30)10-15)7-8-28(34,35)36/h4,6,9-10,12-14,16,22H,2-3,5,11H2,1H3. The molecule has 8 heteroatoms. The van der Waals surface area contributed by atoms with E-state index in [-0.39, 0.29) is 35.1 Å². The molecule has 3 aromatic rings. The highest BCUT2D eigenvalue weighted by atomic mass is 19.4. The van der Waals surface area contributed by atoms with E-state index in [9.17, 15) is 35.1 Å². The fraction of sp³-hybridized carbons (Fsp3) is 0.286. The molecule has 3 aromatic carbocycles. The monoisotopic (exact) mass is 508 g/mol. The zero-order valence-corrected chi connectivity index (χ0v) is 19.0. The minimum Gasteiger partial charge on any atom is -0.207 e. The van der Waals surface area contributed by atoms with Crippen LogP contribution < -0.4 is 0 Å². The first kappa shape index (κ1) is 25.7. The third-order valence-corrected chi connectivity index (χ3v) is 6.42. The highest BCUT2D eigenvalue weighted by Gasteiger charge is 2.36. The van der Waals surface area contributed by atoms with Crippen molar-refractivity contribution in [3.63, 3.8) is 0 Å². The minimum absolute atomic E-state index is 0.0162. The van der Waals surface area contributed by atoms with Crippen molar-refractivity contribution < 1.29 is 35.1 Å². The second kappa shape index (κ2) is 9.96. The molecule has 0 amide bonds. The SMILES string of the molecule is CCC1CC1c1ccc(-c2cc(F)c(CCc3cc(F)c(C#CC(F)(F)F)c(F)c3)c(F)c2)c(F)c1. The van der Waals surface area contributed by atoms with E-state index in [0.717, 1.165) is 48.6 Å². The maximum atomic E-state index is 14.7. The van der Waals surface area contributed by atoms with Gasteiger partial charge >= 0.3 is 6.18 Å². The fourth-order valence-corrected chi connectivity index (χ4v) is 4.39. The van der Waals surface area contributed by atoms with E-state index in [0.29, 0.717) is 11.8 Å². The van der Waals surface area contributed by atoms with E-state index in [1.54, 1.807) is 6.07 Å². The molecule has 0 spiro atoms. The molecule has 4 rings (SSSR count). The number of rotatable bonds is 6. The zero-order chi connectivity index (χ0) is 26.2. The molecule has 0 nitrogen and oxygen atoms in total. The van der Waals surface area contributed by atoms with Gasteiger partial charge in [-0.3, -0.25) is 0 Å². The van der Waals surface area contributed by atoms with Gasteiger partial charge in [0.05, 0.1) is 5.56 Å². The van der Waals surface area contributed by atoms with Crippen molar-refractivity contribution in [2.75, 3.05) is 0 Å². The molecule has 0 aliphatic heterocycles. The molecule has 188 valence electrons. The molecule has 0 saturated heterocycles. The summed E-state index contributed by atoms with van der Waals surface area (Å²) in [6.07, 6.45) is -3.41. The van der Waals surface area contributed by atoms with Gasteiger partial charge in [-0.25, -0.2) is 22.0 Å². The third kappa shape index (κ3) is 5.72. The first-order valence-electron chi connectivity index (χ1n) is 11.3. The maximum absolute atomic E-state index is 14.7. The van der Waals surface area contributed by atoms with Crippen LogP contribution in [-0.2, 0) is 12.8 Å². The van der Waals surface area contributed by atoms with Crippen LogP contribution in [0.3, 0.4) is 0 Å². The van der Waals surface area contributed by atoms with Gasteiger partial charge in [-0.1, -0.05) is 31.4 Å². The van der Waals surface area contributed by atoms with E-state index >= 15 is 0 Å². The number of aryl methyl sites for hydroxylation is 1. The van der Waals surface area contributed by atoms with Gasteiger partial charge in [0.2, 0.25) is 0 Å². The van der Waals surface area contributed by atoms with Gasteiger partial charge in [-0.2, -0.15) is 13.2 Å². The summed E-state index contributed by atoms with van der Waals surface area (Å²) in [5.41, 5.74) is -0.492. The van der Waals surface area contributed by atoms with Crippen molar-refractivity contribution in [1.29, 1.82) is 0 Å². The Morgan fingerprint density at radius 3 is 1.97 bits per heavy atom. The van der Waals surface area contributed by atoms with Crippen molar-refractivity contribution in [2.24, 2.45) is 5.92 Å². The van der Waals surface area contributed by atoms with Crippen molar-refractivity contribution in [1.82, 2.24) is 0 Å². The molecule has 0 aromatic heterocycles. The number of hydrogen-bond donors (Lipinski definition) is 0. The Kier molecular flexibility index (Phi) is 7.12. The lowest BCUT2D eigenvalue weighted by Gasteiger charge is -2.11. The molecule has 0 heterocycles. The normalized spacial score (nSPS) is 17.0. The molecule has 1 fully saturated rings. The quantitative estimate of drug-likeness (QED) is 0.232. The van der Waals surface area contributed by atoms with Crippen LogP contribution in [0.2, 0.25) is 0 Å². The van der Waals surface area contributed by atoms with E-state index in [4.69, 9.17) is 0 Å². The molecule has 0 radical (unpaired) electrons. The Hall–Kier alpha value is -3.34. The Morgan fingerprint density at radius 1 is 0.806 bits per heavy atom. The fourth-order valence-electron chi connectivity index (χ4n) is 4.39. The van der Waals surface area contributed by atoms with Gasteiger partial charge in [-0.05, 0) is 78.1 Å². The lowest BCUT2D eigenvalue weighted by molar-refractivity contribution is -0.0696. The number of hydrogen-bond acceptors (Lipinski definition) is 0. The lowest BCUT2D eigenvalue weighted by Crippen LogP contribution is -2.04. The predicted octanol–water partition coefficient (Wildman–Crippen LogP) is 8.26. The average Bonchev–Trinajstić information content (AvgIpc) is 3.57. The van der Waals surface area contributed by atoms with Crippen LogP contribution >= 0.6 is 0 Å². The van der Waals surface area contributed by atoms with E-state index in [2.05, 4.69) is 6.92 Å². The molecule has 2 unspecified atom stereocenters. The van der Waals surface area contributed by atoms with Crippen molar-refractivity contribution in [3.05, 3.63) is 93.8 Å². The summed E-state index contributed by atoms with van der Waals surface area (Å²) in [5.74, 6) is -2.08. The topological polar surface area (TPSA) is 0 Å². The first-order chi connectivity index (χ1) is 17.0. The van der Waals surface area contributed by atoms with E-state index in [1.807, 2.05) is 0 Å².